The zero-order valence-electron chi connectivity index (χ0n) is 19.6. The first kappa shape index (κ1) is 22.3. The highest BCUT2D eigenvalue weighted by Gasteiger charge is 2.39. The van der Waals surface area contributed by atoms with Crippen LogP contribution in [0.25, 0.3) is 10.8 Å². The van der Waals surface area contributed by atoms with Gasteiger partial charge in [0.05, 0.1) is 11.7 Å². The third-order valence-corrected chi connectivity index (χ3v) is 6.52. The van der Waals surface area contributed by atoms with Crippen LogP contribution in [0.4, 0.5) is 11.6 Å². The Kier molecular flexibility index (Phi) is 6.14. The van der Waals surface area contributed by atoms with Crippen molar-refractivity contribution in [3.8, 4) is 11.8 Å². The highest BCUT2D eigenvalue weighted by atomic mass is 16.5. The molecule has 1 saturated carbocycles. The van der Waals surface area contributed by atoms with Crippen LogP contribution in [0.1, 0.15) is 30.2 Å². The van der Waals surface area contributed by atoms with E-state index in [2.05, 4.69) is 55.3 Å². The predicted octanol–water partition coefficient (Wildman–Crippen LogP) is 2.89. The van der Waals surface area contributed by atoms with E-state index in [1.807, 2.05) is 25.4 Å². The first-order valence-electron chi connectivity index (χ1n) is 11.5. The second kappa shape index (κ2) is 9.37. The highest BCUT2D eigenvalue weighted by molar-refractivity contribution is 5.99. The summed E-state index contributed by atoms with van der Waals surface area (Å²) in [5.74, 6) is 8.13. The molecule has 2 fully saturated rings. The van der Waals surface area contributed by atoms with Gasteiger partial charge in [-0.2, -0.15) is 0 Å². The van der Waals surface area contributed by atoms with Crippen molar-refractivity contribution < 1.29 is 9.53 Å². The molecule has 8 nitrogen and oxygen atoms in total. The van der Waals surface area contributed by atoms with Crippen molar-refractivity contribution in [1.29, 1.82) is 0 Å². The number of carbonyl (C=O) groups excluding carboxylic acids is 1. The summed E-state index contributed by atoms with van der Waals surface area (Å²) in [7, 11) is 3.57. The number of anilines is 2. The lowest BCUT2D eigenvalue weighted by Gasteiger charge is -2.38. The molecule has 1 saturated heterocycles. The van der Waals surface area contributed by atoms with E-state index in [-0.39, 0.29) is 11.8 Å². The van der Waals surface area contributed by atoms with Gasteiger partial charge in [-0.15, -0.1) is 0 Å². The Bertz CT molecular complexity index is 1270. The quantitative estimate of drug-likeness (QED) is 0.551. The Hall–Kier alpha value is -3.54. The molecule has 0 spiro atoms. The second-order valence-corrected chi connectivity index (χ2v) is 9.05. The molecule has 2 atom stereocenters. The normalized spacial score (nSPS) is 19.7. The number of hydrogen-bond acceptors (Lipinski definition) is 7. The SMILES string of the molecule is CNc1ncc(C#Cc2ccc(CN3CC(OC)C3)cn2)c2cc(NC(=O)[C@H]3C[C@H]3C)ncc12. The lowest BCUT2D eigenvalue weighted by atomic mass is 10.1. The van der Waals surface area contributed by atoms with E-state index < -0.39 is 0 Å². The molecule has 5 rings (SSSR count). The average Bonchev–Trinajstić information content (AvgIpc) is 3.57. The summed E-state index contributed by atoms with van der Waals surface area (Å²) in [5.41, 5.74) is 2.60. The molecule has 1 amide bonds. The van der Waals surface area contributed by atoms with E-state index >= 15 is 0 Å². The van der Waals surface area contributed by atoms with Gasteiger partial charge in [-0.05, 0) is 36.0 Å². The van der Waals surface area contributed by atoms with Gasteiger partial charge in [-0.3, -0.25) is 9.69 Å². The van der Waals surface area contributed by atoms with Crippen molar-refractivity contribution in [2.24, 2.45) is 11.8 Å². The molecule has 0 radical (unpaired) electrons. The number of amides is 1. The van der Waals surface area contributed by atoms with Crippen LogP contribution in [0, 0.1) is 23.7 Å². The summed E-state index contributed by atoms with van der Waals surface area (Å²) in [6.45, 7) is 4.86. The molecule has 1 aliphatic heterocycles. The van der Waals surface area contributed by atoms with Crippen LogP contribution in [-0.4, -0.2) is 59.1 Å². The topological polar surface area (TPSA) is 92.3 Å². The molecule has 34 heavy (non-hydrogen) atoms. The number of fused-ring (bicyclic) bond motifs is 1. The van der Waals surface area contributed by atoms with Crippen molar-refractivity contribution >= 4 is 28.3 Å². The number of pyridine rings is 3. The van der Waals surface area contributed by atoms with Crippen LogP contribution in [0.2, 0.25) is 0 Å². The number of methoxy groups -OCH3 is 1. The number of carbonyl (C=O) groups is 1. The Morgan fingerprint density at radius 1 is 1.15 bits per heavy atom. The van der Waals surface area contributed by atoms with Gasteiger partial charge in [-0.1, -0.05) is 18.9 Å². The molecular formula is C26H28N6O2. The average molecular weight is 457 g/mol. The monoisotopic (exact) mass is 456 g/mol. The molecule has 2 aliphatic rings. The number of likely N-dealkylation sites (tertiary alicyclic amines) is 1. The molecule has 2 N–H and O–H groups in total. The van der Waals surface area contributed by atoms with E-state index in [0.717, 1.165) is 48.0 Å². The van der Waals surface area contributed by atoms with Crippen LogP contribution in [0.3, 0.4) is 0 Å². The van der Waals surface area contributed by atoms with Gasteiger partial charge >= 0.3 is 0 Å². The molecule has 1 aliphatic carbocycles. The van der Waals surface area contributed by atoms with E-state index in [4.69, 9.17) is 4.74 Å². The number of aromatic nitrogens is 3. The van der Waals surface area contributed by atoms with Crippen molar-refractivity contribution in [1.82, 2.24) is 19.9 Å². The molecule has 0 unspecified atom stereocenters. The van der Waals surface area contributed by atoms with Crippen molar-refractivity contribution in [3.63, 3.8) is 0 Å². The first-order chi connectivity index (χ1) is 16.5. The molecule has 174 valence electrons. The van der Waals surface area contributed by atoms with E-state index in [1.54, 1.807) is 19.5 Å². The highest BCUT2D eigenvalue weighted by Crippen LogP contribution is 2.38. The van der Waals surface area contributed by atoms with Gasteiger partial charge in [0.25, 0.3) is 0 Å². The Morgan fingerprint density at radius 2 is 1.97 bits per heavy atom. The van der Waals surface area contributed by atoms with Crippen molar-refractivity contribution in [3.05, 3.63) is 53.6 Å². The maximum Gasteiger partial charge on any atom is 0.228 e. The van der Waals surface area contributed by atoms with Gasteiger partial charge in [0, 0.05) is 69.1 Å². The predicted molar refractivity (Wildman–Crippen MR) is 131 cm³/mol. The molecule has 0 aromatic carbocycles. The molecule has 8 heteroatoms. The maximum absolute atomic E-state index is 12.4. The largest absolute Gasteiger partial charge is 0.379 e. The summed E-state index contributed by atoms with van der Waals surface area (Å²) in [6.07, 6.45) is 6.61. The first-order valence-corrected chi connectivity index (χ1v) is 11.5. The number of hydrogen-bond donors (Lipinski definition) is 2. The van der Waals surface area contributed by atoms with Gasteiger partial charge in [0.15, 0.2) is 0 Å². The number of nitrogens with zero attached hydrogens (tertiary/aromatic N) is 4. The number of rotatable bonds is 6. The van der Waals surface area contributed by atoms with Crippen LogP contribution in [0.5, 0.6) is 0 Å². The minimum Gasteiger partial charge on any atom is -0.379 e. The summed E-state index contributed by atoms with van der Waals surface area (Å²) in [5, 5.41) is 7.76. The summed E-state index contributed by atoms with van der Waals surface area (Å²) >= 11 is 0. The van der Waals surface area contributed by atoms with Gasteiger partial charge in [-0.25, -0.2) is 15.0 Å². The van der Waals surface area contributed by atoms with Gasteiger partial charge < -0.3 is 15.4 Å². The lowest BCUT2D eigenvalue weighted by molar-refractivity contribution is -0.117. The fourth-order valence-corrected chi connectivity index (χ4v) is 4.19. The third-order valence-electron chi connectivity index (χ3n) is 6.52. The number of ether oxygens (including phenoxy) is 1. The van der Waals surface area contributed by atoms with Crippen LogP contribution >= 0.6 is 0 Å². The molecule has 4 heterocycles. The summed E-state index contributed by atoms with van der Waals surface area (Å²) < 4.78 is 5.33. The zero-order valence-corrected chi connectivity index (χ0v) is 19.6. The van der Waals surface area contributed by atoms with E-state index in [9.17, 15) is 4.79 Å². The van der Waals surface area contributed by atoms with E-state index in [0.29, 0.717) is 29.4 Å². The van der Waals surface area contributed by atoms with E-state index in [1.165, 1.54) is 0 Å². The minimum atomic E-state index is 0.0233. The lowest BCUT2D eigenvalue weighted by Crippen LogP contribution is -2.50. The number of nitrogens with one attached hydrogen (secondary N) is 2. The van der Waals surface area contributed by atoms with Crippen molar-refractivity contribution in [2.45, 2.75) is 26.0 Å². The Labute approximate surface area is 199 Å². The third kappa shape index (κ3) is 4.72. The van der Waals surface area contributed by atoms with Gasteiger partial charge in [0.2, 0.25) is 5.91 Å². The smallest absolute Gasteiger partial charge is 0.228 e. The van der Waals surface area contributed by atoms with Crippen molar-refractivity contribution in [2.75, 3.05) is 37.9 Å². The van der Waals surface area contributed by atoms with Crippen LogP contribution < -0.4 is 10.6 Å². The van der Waals surface area contributed by atoms with Crippen LogP contribution in [0.15, 0.2) is 36.8 Å². The fraction of sp³-hybridized carbons (Fsp3) is 0.385. The summed E-state index contributed by atoms with van der Waals surface area (Å²) in [4.78, 5) is 28.1. The van der Waals surface area contributed by atoms with Gasteiger partial charge in [0.1, 0.15) is 17.3 Å². The fourth-order valence-electron chi connectivity index (χ4n) is 4.19. The Balaban J connectivity index is 1.36. The summed E-state index contributed by atoms with van der Waals surface area (Å²) in [6, 6.07) is 5.87. The molecule has 3 aromatic rings. The standard InChI is InChI=1S/C26H28N6O2/c1-16-8-21(16)26(33)31-24-9-22-18(11-30-25(27-2)23(22)12-29-24)5-7-19-6-4-17(10-28-19)13-32-14-20(15-32)34-3/h4,6,9-12,16,20-21H,8,13-15H2,1-3H3,(H,27,30)(H,29,31,33)/t16-,21+/m1/s1. The molecule has 0 bridgehead atoms. The molecule has 3 aromatic heterocycles. The zero-order chi connectivity index (χ0) is 23.7. The Morgan fingerprint density at radius 3 is 2.65 bits per heavy atom. The molecular weight excluding hydrogens is 428 g/mol. The van der Waals surface area contributed by atoms with Crippen LogP contribution in [-0.2, 0) is 16.1 Å². The second-order valence-electron chi connectivity index (χ2n) is 9.05. The minimum absolute atomic E-state index is 0.0233. The maximum atomic E-state index is 12.4.